The van der Waals surface area contributed by atoms with Gasteiger partial charge in [-0.3, -0.25) is 0 Å². The van der Waals surface area contributed by atoms with Crippen molar-refractivity contribution in [2.24, 2.45) is 0 Å². The van der Waals surface area contributed by atoms with E-state index in [4.69, 9.17) is 0 Å². The molecular weight excluding hydrogens is 1390 g/mol. The molecule has 0 aliphatic rings. The van der Waals surface area contributed by atoms with E-state index in [0.717, 1.165) is 25.7 Å². The summed E-state index contributed by atoms with van der Waals surface area (Å²) in [6, 6.07) is 13.3. The van der Waals surface area contributed by atoms with Gasteiger partial charge in [0.1, 0.15) is 20.2 Å². The van der Waals surface area contributed by atoms with Crippen LogP contribution in [0.4, 0.5) is 0 Å². The third kappa shape index (κ3) is 80.6. The van der Waals surface area contributed by atoms with Crippen molar-refractivity contribution in [1.29, 1.82) is 0 Å². The summed E-state index contributed by atoms with van der Waals surface area (Å²) in [4.78, 5) is -0.0797. The zero-order valence-corrected chi connectivity index (χ0v) is 76.5. The van der Waals surface area contributed by atoms with E-state index in [1.807, 2.05) is 12.1 Å². The average Bonchev–Trinajstić information content (AvgIpc) is 0.847. The van der Waals surface area contributed by atoms with E-state index in [2.05, 4.69) is 13.8 Å². The minimum Gasteiger partial charge on any atom is -0.744 e. The monoisotopic (exact) mass is 1570 g/mol. The molecule has 0 radical (unpaired) electrons. The SMILES string of the molecule is CCCCCCCCCCCCCCCCCCCCCCCCCCCCCCCCCCCCCCCCCCCCc1ccccc1S(=O)(=O)[O-].CCCCCCCCCCCCCCCCCCCCCCCCCCCCCCCCCCCCCCCCCCCCc1ccccc1S(=O)(=O)[O-].[Mg+2]. The molecule has 0 fully saturated rings. The first-order valence-corrected chi connectivity index (χ1v) is 52.0. The molecule has 2 rings (SSSR count). The number of benzene rings is 2. The maximum atomic E-state index is 11.4. The van der Waals surface area contributed by atoms with E-state index < -0.39 is 20.2 Å². The van der Waals surface area contributed by atoms with Crippen LogP contribution in [0.3, 0.4) is 0 Å². The molecule has 0 spiro atoms. The van der Waals surface area contributed by atoms with Gasteiger partial charge in [0.15, 0.2) is 0 Å². The number of aryl methyl sites for hydroxylation is 2. The van der Waals surface area contributed by atoms with Gasteiger partial charge >= 0.3 is 23.1 Å². The Bertz CT molecular complexity index is 2150. The van der Waals surface area contributed by atoms with Gasteiger partial charge in [0.25, 0.3) is 0 Å². The van der Waals surface area contributed by atoms with E-state index in [0.29, 0.717) is 24.0 Å². The van der Waals surface area contributed by atoms with Gasteiger partial charge in [-0.15, -0.1) is 0 Å². The minimum absolute atomic E-state index is 0. The van der Waals surface area contributed by atoms with Gasteiger partial charge in [0.05, 0.1) is 9.79 Å². The molecule has 0 unspecified atom stereocenters. The van der Waals surface area contributed by atoms with Crippen LogP contribution >= 0.6 is 0 Å². The fourth-order valence-electron chi connectivity index (χ4n) is 16.8. The molecule has 0 saturated carbocycles. The first kappa shape index (κ1) is 108. The van der Waals surface area contributed by atoms with E-state index in [-0.39, 0.29) is 32.8 Å². The van der Waals surface area contributed by atoms with Gasteiger partial charge < -0.3 is 9.11 Å². The Kier molecular flexibility index (Phi) is 87.1. The van der Waals surface area contributed by atoms with Crippen molar-refractivity contribution in [3.05, 3.63) is 59.7 Å². The van der Waals surface area contributed by atoms with Crippen molar-refractivity contribution in [2.45, 2.75) is 576 Å². The molecule has 0 bridgehead atoms. The second-order valence-corrected chi connectivity index (χ2v) is 37.3. The van der Waals surface area contributed by atoms with Crippen molar-refractivity contribution in [3.63, 3.8) is 0 Å². The molecule has 0 saturated heterocycles. The molecule has 636 valence electrons. The van der Waals surface area contributed by atoms with E-state index in [1.165, 1.54) is 526 Å². The fourth-order valence-corrected chi connectivity index (χ4v) is 18.3. The van der Waals surface area contributed by atoms with Crippen LogP contribution in [0.15, 0.2) is 58.3 Å². The third-order valence-corrected chi connectivity index (χ3v) is 26.0. The molecule has 0 aliphatic heterocycles. The summed E-state index contributed by atoms with van der Waals surface area (Å²) in [6.07, 6.45) is 121. The second-order valence-electron chi connectivity index (χ2n) is 34.6. The summed E-state index contributed by atoms with van der Waals surface area (Å²) in [6.45, 7) is 4.61. The zero-order chi connectivity index (χ0) is 77.8. The summed E-state index contributed by atoms with van der Waals surface area (Å²) < 4.78 is 68.4. The summed E-state index contributed by atoms with van der Waals surface area (Å²) in [5.41, 5.74) is 1.35. The molecule has 0 atom stereocenters. The zero-order valence-electron chi connectivity index (χ0n) is 73.4. The van der Waals surface area contributed by atoms with Gasteiger partial charge in [-0.05, 0) is 48.9 Å². The van der Waals surface area contributed by atoms with Crippen LogP contribution in [0.1, 0.15) is 564 Å². The summed E-state index contributed by atoms with van der Waals surface area (Å²) in [7, 11) is -8.74. The first-order valence-electron chi connectivity index (χ1n) is 49.2. The molecular formula is C100H186MgO6S2. The third-order valence-electron chi connectivity index (χ3n) is 24.1. The molecule has 0 aliphatic carbocycles. The second kappa shape index (κ2) is 87.9. The van der Waals surface area contributed by atoms with Crippen molar-refractivity contribution >= 4 is 43.3 Å². The van der Waals surface area contributed by atoms with Gasteiger partial charge in [0, 0.05) is 0 Å². The standard InChI is InChI=1S/2C50H94O3S.Mg/c2*1-2-3-4-5-6-7-8-9-10-11-12-13-14-15-16-17-18-19-20-21-22-23-24-25-26-27-28-29-30-31-32-33-34-35-36-37-38-39-40-41-42-43-46-49-47-44-45-48-50(49)54(51,52)53;/h2*44-45,47-48H,2-43,46H2,1H3,(H,51,52,53);/q;;+2/p-2. The van der Waals surface area contributed by atoms with Crippen LogP contribution in [0, 0.1) is 0 Å². The van der Waals surface area contributed by atoms with Crippen molar-refractivity contribution < 1.29 is 25.9 Å². The summed E-state index contributed by atoms with van der Waals surface area (Å²) in [5, 5.41) is 0. The Hall–Kier alpha value is -0.974. The fraction of sp³-hybridized carbons (Fsp3) is 0.880. The predicted molar refractivity (Wildman–Crippen MR) is 481 cm³/mol. The Labute approximate surface area is 699 Å². The topological polar surface area (TPSA) is 114 Å². The number of hydrogen-bond acceptors (Lipinski definition) is 6. The maximum absolute atomic E-state index is 11.4. The molecule has 0 aromatic heterocycles. The van der Waals surface area contributed by atoms with E-state index >= 15 is 0 Å². The maximum Gasteiger partial charge on any atom is 2.00 e. The Morgan fingerprint density at radius 3 is 0.385 bits per heavy atom. The van der Waals surface area contributed by atoms with Gasteiger partial charge in [-0.1, -0.05) is 577 Å². The van der Waals surface area contributed by atoms with Crippen LogP contribution in [0.2, 0.25) is 0 Å². The van der Waals surface area contributed by atoms with Crippen molar-refractivity contribution in [1.82, 2.24) is 0 Å². The minimum atomic E-state index is -4.37. The smallest absolute Gasteiger partial charge is 0.744 e. The molecule has 2 aromatic carbocycles. The van der Waals surface area contributed by atoms with Crippen LogP contribution in [0.25, 0.3) is 0 Å². The van der Waals surface area contributed by atoms with Crippen LogP contribution < -0.4 is 0 Å². The van der Waals surface area contributed by atoms with Gasteiger partial charge in [-0.25, -0.2) is 16.8 Å². The summed E-state index contributed by atoms with van der Waals surface area (Å²) in [5.74, 6) is 0. The van der Waals surface area contributed by atoms with Crippen molar-refractivity contribution in [3.8, 4) is 0 Å². The van der Waals surface area contributed by atoms with Gasteiger partial charge in [-0.2, -0.15) is 0 Å². The molecule has 2 aromatic rings. The van der Waals surface area contributed by atoms with Crippen LogP contribution in [-0.2, 0) is 33.1 Å². The average molecular weight is 1570 g/mol. The number of hydrogen-bond donors (Lipinski definition) is 0. The van der Waals surface area contributed by atoms with E-state index in [9.17, 15) is 25.9 Å². The quantitative estimate of drug-likeness (QED) is 0.0370. The molecule has 0 amide bonds. The van der Waals surface area contributed by atoms with Crippen LogP contribution in [0.5, 0.6) is 0 Å². The Balaban J connectivity index is 0.00000212. The molecule has 0 N–H and O–H groups in total. The molecule has 109 heavy (non-hydrogen) atoms. The predicted octanol–water partition coefficient (Wildman–Crippen LogP) is 34.7. The Morgan fingerprint density at radius 2 is 0.275 bits per heavy atom. The van der Waals surface area contributed by atoms with E-state index in [1.54, 1.807) is 24.3 Å². The number of unbranched alkanes of at least 4 members (excludes halogenated alkanes) is 82. The van der Waals surface area contributed by atoms with Gasteiger partial charge in [0.2, 0.25) is 0 Å². The number of rotatable bonds is 88. The molecule has 9 heteroatoms. The van der Waals surface area contributed by atoms with Crippen molar-refractivity contribution in [2.75, 3.05) is 0 Å². The Morgan fingerprint density at radius 1 is 0.174 bits per heavy atom. The first-order chi connectivity index (χ1) is 53.1. The van der Waals surface area contributed by atoms with Crippen LogP contribution in [-0.4, -0.2) is 49.0 Å². The molecule has 6 nitrogen and oxygen atoms in total. The largest absolute Gasteiger partial charge is 2.00 e. The summed E-state index contributed by atoms with van der Waals surface area (Å²) >= 11 is 0. The molecule has 0 heterocycles. The normalized spacial score (nSPS) is 11.8.